The maximum Gasteiger partial charge on any atom is 0.283 e. The standard InChI is InChI=1S/C16H14ClN3OS/c1-9-10(2)22-15-14(9)16(21)20(11(3)19-15)18-8-12-6-4-5-7-13(12)17/h4-8H,1-3H3/b18-8-. The number of rotatable bonds is 2. The fourth-order valence-electron chi connectivity index (χ4n) is 2.22. The second kappa shape index (κ2) is 5.66. The molecule has 4 nitrogen and oxygen atoms in total. The number of hydrogen-bond donors (Lipinski definition) is 0. The molecule has 0 radical (unpaired) electrons. The number of aromatic nitrogens is 2. The predicted molar refractivity (Wildman–Crippen MR) is 92.5 cm³/mol. The van der Waals surface area contributed by atoms with Gasteiger partial charge in [-0.15, -0.1) is 11.3 Å². The van der Waals surface area contributed by atoms with Crippen LogP contribution in [-0.4, -0.2) is 15.9 Å². The van der Waals surface area contributed by atoms with Gasteiger partial charge in [-0.1, -0.05) is 29.8 Å². The van der Waals surface area contributed by atoms with Gasteiger partial charge in [0.2, 0.25) is 0 Å². The van der Waals surface area contributed by atoms with Gasteiger partial charge >= 0.3 is 0 Å². The molecule has 1 aromatic carbocycles. The largest absolute Gasteiger partial charge is 0.283 e. The molecule has 0 aliphatic heterocycles. The van der Waals surface area contributed by atoms with E-state index < -0.39 is 0 Å². The van der Waals surface area contributed by atoms with E-state index in [2.05, 4.69) is 10.1 Å². The molecule has 0 unspecified atom stereocenters. The maximum atomic E-state index is 12.7. The van der Waals surface area contributed by atoms with Crippen molar-refractivity contribution >= 4 is 39.4 Å². The number of halogens is 1. The lowest BCUT2D eigenvalue weighted by molar-refractivity contribution is 0.772. The summed E-state index contributed by atoms with van der Waals surface area (Å²) in [5, 5.41) is 5.51. The number of fused-ring (bicyclic) bond motifs is 1. The molecule has 2 heterocycles. The molecular weight excluding hydrogens is 318 g/mol. The lowest BCUT2D eigenvalue weighted by Crippen LogP contribution is -2.20. The van der Waals surface area contributed by atoms with E-state index in [9.17, 15) is 4.79 Å². The Morgan fingerprint density at radius 3 is 2.73 bits per heavy atom. The molecule has 0 saturated heterocycles. The second-order valence-corrected chi connectivity index (χ2v) is 6.62. The molecule has 112 valence electrons. The molecule has 0 amide bonds. The first kappa shape index (κ1) is 14.9. The van der Waals surface area contributed by atoms with Crippen molar-refractivity contribution in [3.63, 3.8) is 0 Å². The Morgan fingerprint density at radius 1 is 1.27 bits per heavy atom. The average Bonchev–Trinajstić information content (AvgIpc) is 2.75. The van der Waals surface area contributed by atoms with E-state index >= 15 is 0 Å². The summed E-state index contributed by atoms with van der Waals surface area (Å²) in [6.07, 6.45) is 1.58. The van der Waals surface area contributed by atoms with Crippen LogP contribution >= 0.6 is 22.9 Å². The molecule has 0 aliphatic rings. The number of thiophene rings is 1. The third-order valence-corrected chi connectivity index (χ3v) is 5.01. The average molecular weight is 332 g/mol. The van der Waals surface area contributed by atoms with E-state index in [1.807, 2.05) is 32.0 Å². The van der Waals surface area contributed by atoms with Crippen molar-refractivity contribution in [2.24, 2.45) is 5.10 Å². The smallest absolute Gasteiger partial charge is 0.267 e. The van der Waals surface area contributed by atoms with Crippen LogP contribution in [-0.2, 0) is 0 Å². The Labute approximate surface area is 136 Å². The van der Waals surface area contributed by atoms with E-state index in [1.165, 1.54) is 16.0 Å². The van der Waals surface area contributed by atoms with Crippen molar-refractivity contribution in [1.29, 1.82) is 0 Å². The number of benzene rings is 1. The van der Waals surface area contributed by atoms with Crippen LogP contribution in [0.15, 0.2) is 34.2 Å². The third kappa shape index (κ3) is 2.46. The monoisotopic (exact) mass is 331 g/mol. The van der Waals surface area contributed by atoms with Crippen molar-refractivity contribution < 1.29 is 0 Å². The third-order valence-electron chi connectivity index (χ3n) is 3.56. The minimum Gasteiger partial charge on any atom is -0.267 e. The van der Waals surface area contributed by atoms with Gasteiger partial charge in [0.1, 0.15) is 10.7 Å². The van der Waals surface area contributed by atoms with Gasteiger partial charge < -0.3 is 0 Å². The Kier molecular flexibility index (Phi) is 3.85. The molecule has 0 bridgehead atoms. The Balaban J connectivity index is 2.17. The molecule has 0 spiro atoms. The fraction of sp³-hybridized carbons (Fsp3) is 0.188. The molecule has 3 aromatic rings. The summed E-state index contributed by atoms with van der Waals surface area (Å²) in [5.74, 6) is 0.557. The highest BCUT2D eigenvalue weighted by Gasteiger charge is 2.14. The zero-order valence-corrected chi connectivity index (χ0v) is 14.0. The van der Waals surface area contributed by atoms with Gasteiger partial charge in [-0.25, -0.2) is 4.98 Å². The summed E-state index contributed by atoms with van der Waals surface area (Å²) in [4.78, 5) is 19.0. The van der Waals surface area contributed by atoms with E-state index in [-0.39, 0.29) is 5.56 Å². The highest BCUT2D eigenvalue weighted by molar-refractivity contribution is 7.18. The first-order chi connectivity index (χ1) is 10.5. The van der Waals surface area contributed by atoms with Crippen LogP contribution < -0.4 is 5.56 Å². The molecule has 0 N–H and O–H groups in total. The first-order valence-corrected chi connectivity index (χ1v) is 7.96. The molecular formula is C16H14ClN3OS. The highest BCUT2D eigenvalue weighted by atomic mass is 35.5. The van der Waals surface area contributed by atoms with Crippen molar-refractivity contribution in [2.45, 2.75) is 20.8 Å². The molecule has 6 heteroatoms. The van der Waals surface area contributed by atoms with Gasteiger partial charge in [0.25, 0.3) is 5.56 Å². The van der Waals surface area contributed by atoms with Crippen LogP contribution in [0.4, 0.5) is 0 Å². The summed E-state index contributed by atoms with van der Waals surface area (Å²) in [7, 11) is 0. The van der Waals surface area contributed by atoms with Crippen LogP contribution in [0.5, 0.6) is 0 Å². The van der Waals surface area contributed by atoms with Crippen molar-refractivity contribution in [1.82, 2.24) is 9.66 Å². The summed E-state index contributed by atoms with van der Waals surface area (Å²) in [5.41, 5.74) is 1.58. The van der Waals surface area contributed by atoms with E-state index in [4.69, 9.17) is 11.6 Å². The summed E-state index contributed by atoms with van der Waals surface area (Å²) in [6.45, 7) is 5.71. The Morgan fingerprint density at radius 2 is 2.00 bits per heavy atom. The summed E-state index contributed by atoms with van der Waals surface area (Å²) < 4.78 is 1.32. The molecule has 0 fully saturated rings. The molecule has 2 aromatic heterocycles. The topological polar surface area (TPSA) is 47.2 Å². The highest BCUT2D eigenvalue weighted by Crippen LogP contribution is 2.26. The molecule has 0 saturated carbocycles. The van der Waals surface area contributed by atoms with Crippen LogP contribution in [0.3, 0.4) is 0 Å². The number of aryl methyl sites for hydroxylation is 3. The van der Waals surface area contributed by atoms with E-state index in [1.54, 1.807) is 19.2 Å². The summed E-state index contributed by atoms with van der Waals surface area (Å²) in [6, 6.07) is 7.35. The van der Waals surface area contributed by atoms with Crippen molar-refractivity contribution in [3.8, 4) is 0 Å². The van der Waals surface area contributed by atoms with Crippen molar-refractivity contribution in [3.05, 3.63) is 61.5 Å². The van der Waals surface area contributed by atoms with Gasteiger partial charge in [-0.05, 0) is 32.4 Å². The van der Waals surface area contributed by atoms with Crippen LogP contribution in [0, 0.1) is 20.8 Å². The Hall–Kier alpha value is -1.98. The second-order valence-electron chi connectivity index (χ2n) is 5.01. The number of nitrogens with zero attached hydrogens (tertiary/aromatic N) is 3. The number of hydrogen-bond acceptors (Lipinski definition) is 4. The van der Waals surface area contributed by atoms with Gasteiger partial charge in [0.05, 0.1) is 11.6 Å². The maximum absolute atomic E-state index is 12.7. The van der Waals surface area contributed by atoms with Gasteiger partial charge in [-0.3, -0.25) is 4.79 Å². The van der Waals surface area contributed by atoms with Gasteiger partial charge in [0.15, 0.2) is 0 Å². The lowest BCUT2D eigenvalue weighted by Gasteiger charge is -2.03. The minimum absolute atomic E-state index is 0.146. The zero-order valence-electron chi connectivity index (χ0n) is 12.4. The molecule has 0 atom stereocenters. The molecule has 3 rings (SSSR count). The summed E-state index contributed by atoms with van der Waals surface area (Å²) >= 11 is 7.64. The van der Waals surface area contributed by atoms with E-state index in [0.717, 1.165) is 20.8 Å². The van der Waals surface area contributed by atoms with Crippen LogP contribution in [0.1, 0.15) is 21.8 Å². The minimum atomic E-state index is -0.146. The molecule has 22 heavy (non-hydrogen) atoms. The van der Waals surface area contributed by atoms with E-state index in [0.29, 0.717) is 16.2 Å². The Bertz CT molecular complexity index is 956. The van der Waals surface area contributed by atoms with Gasteiger partial charge in [0, 0.05) is 15.5 Å². The van der Waals surface area contributed by atoms with Crippen LogP contribution in [0.2, 0.25) is 5.02 Å². The normalized spacial score (nSPS) is 11.6. The van der Waals surface area contributed by atoms with Crippen LogP contribution in [0.25, 0.3) is 10.2 Å². The SMILES string of the molecule is Cc1sc2nc(C)n(/N=C\c3ccccc3Cl)c(=O)c2c1C. The van der Waals surface area contributed by atoms with Crippen molar-refractivity contribution in [2.75, 3.05) is 0 Å². The lowest BCUT2D eigenvalue weighted by atomic mass is 10.2. The zero-order chi connectivity index (χ0) is 15.9. The fourth-order valence-corrected chi connectivity index (χ4v) is 3.47. The first-order valence-electron chi connectivity index (χ1n) is 6.77. The predicted octanol–water partition coefficient (Wildman–Crippen LogP) is 3.92. The molecule has 0 aliphatic carbocycles. The quantitative estimate of drug-likeness (QED) is 0.668. The van der Waals surface area contributed by atoms with Gasteiger partial charge in [-0.2, -0.15) is 9.78 Å².